The zero-order valence-corrected chi connectivity index (χ0v) is 12.3. The van der Waals surface area contributed by atoms with Gasteiger partial charge >= 0.3 is 0 Å². The van der Waals surface area contributed by atoms with Crippen LogP contribution in [-0.2, 0) is 4.79 Å². The Morgan fingerprint density at radius 3 is 2.50 bits per heavy atom. The van der Waals surface area contributed by atoms with Crippen molar-refractivity contribution in [1.29, 1.82) is 0 Å². The lowest BCUT2D eigenvalue weighted by molar-refractivity contribution is -0.120. The van der Waals surface area contributed by atoms with E-state index in [0.717, 1.165) is 37.1 Å². The Morgan fingerprint density at radius 2 is 2.00 bits per heavy atom. The topological polar surface area (TPSA) is 49.7 Å². The minimum Gasteiger partial charge on any atom is -0.393 e. The Hall–Kier alpha value is -0.350. The molecule has 1 aliphatic carbocycles. The molecule has 1 N–H and O–H groups in total. The number of hydrogen-bond donors (Lipinski definition) is 1. The number of thioether (sulfide) groups is 1. The van der Waals surface area contributed by atoms with Crippen molar-refractivity contribution in [3.05, 3.63) is 0 Å². The van der Waals surface area contributed by atoms with Crippen LogP contribution in [0.3, 0.4) is 0 Å². The largest absolute Gasteiger partial charge is 0.393 e. The fourth-order valence-electron chi connectivity index (χ4n) is 2.58. The molecule has 3 nitrogen and oxygen atoms in total. The van der Waals surface area contributed by atoms with Crippen molar-refractivity contribution < 1.29 is 9.90 Å². The van der Waals surface area contributed by atoms with Gasteiger partial charge in [-0.25, -0.2) is 4.99 Å². The summed E-state index contributed by atoms with van der Waals surface area (Å²) in [5.74, 6) is 0.944. The van der Waals surface area contributed by atoms with E-state index in [1.54, 1.807) is 11.8 Å². The Balaban J connectivity index is 1.92. The number of carbonyl (C=O) groups is 1. The van der Waals surface area contributed by atoms with Crippen molar-refractivity contribution in [3.8, 4) is 0 Å². The van der Waals surface area contributed by atoms with Gasteiger partial charge < -0.3 is 5.11 Å². The smallest absolute Gasteiger partial charge is 0.263 e. The maximum absolute atomic E-state index is 12.0. The van der Waals surface area contributed by atoms with E-state index in [0.29, 0.717) is 11.8 Å². The minimum atomic E-state index is -0.358. The van der Waals surface area contributed by atoms with Crippen molar-refractivity contribution in [1.82, 2.24) is 0 Å². The highest BCUT2D eigenvalue weighted by atomic mass is 32.2. The molecule has 0 aromatic carbocycles. The van der Waals surface area contributed by atoms with E-state index >= 15 is 0 Å². The first kappa shape index (κ1) is 14.1. The summed E-state index contributed by atoms with van der Waals surface area (Å²) < 4.78 is -0.358. The molecule has 1 atom stereocenters. The molecule has 102 valence electrons. The Kier molecular flexibility index (Phi) is 4.17. The average molecular weight is 269 g/mol. The highest BCUT2D eigenvalue weighted by Gasteiger charge is 2.43. The number of hydrogen-bond acceptors (Lipinski definition) is 3. The Morgan fingerprint density at radius 1 is 1.39 bits per heavy atom. The third-order valence-electron chi connectivity index (χ3n) is 4.36. The summed E-state index contributed by atoms with van der Waals surface area (Å²) in [6.45, 7) is 6.17. The highest BCUT2D eigenvalue weighted by molar-refractivity contribution is 8.16. The summed E-state index contributed by atoms with van der Waals surface area (Å²) in [6, 6.07) is 0. The SMILES string of the molecule is CC(C)C1(C)SC(CC2CCC(O)CC2)=NC1=O. The normalized spacial score (nSPS) is 37.2. The van der Waals surface area contributed by atoms with Gasteiger partial charge in [0.25, 0.3) is 5.91 Å². The molecule has 0 bridgehead atoms. The van der Waals surface area contributed by atoms with Crippen molar-refractivity contribution >= 4 is 22.7 Å². The van der Waals surface area contributed by atoms with Gasteiger partial charge in [-0.3, -0.25) is 4.79 Å². The van der Waals surface area contributed by atoms with E-state index in [1.165, 1.54) is 0 Å². The van der Waals surface area contributed by atoms with Crippen molar-refractivity contribution in [2.75, 3.05) is 0 Å². The maximum Gasteiger partial charge on any atom is 0.263 e. The molecule has 1 amide bonds. The molecule has 0 aromatic rings. The fourth-order valence-corrected chi connectivity index (χ4v) is 3.89. The lowest BCUT2D eigenvalue weighted by atomic mass is 9.86. The van der Waals surface area contributed by atoms with Crippen LogP contribution in [0, 0.1) is 11.8 Å². The van der Waals surface area contributed by atoms with Crippen LogP contribution in [0.4, 0.5) is 0 Å². The maximum atomic E-state index is 12.0. The molecule has 0 aromatic heterocycles. The van der Waals surface area contributed by atoms with Crippen LogP contribution in [0.25, 0.3) is 0 Å². The second-order valence-electron chi connectivity index (χ2n) is 6.05. The molecular weight excluding hydrogens is 246 g/mol. The first-order valence-electron chi connectivity index (χ1n) is 6.91. The molecule has 1 saturated carbocycles. The number of aliphatic hydroxyl groups is 1. The molecule has 1 unspecified atom stereocenters. The van der Waals surface area contributed by atoms with E-state index in [9.17, 15) is 9.90 Å². The summed E-state index contributed by atoms with van der Waals surface area (Å²) in [7, 11) is 0. The standard InChI is InChI=1S/C14H23NO2S/c1-9(2)14(3)13(17)15-12(18-14)8-10-4-6-11(16)7-5-10/h9-11,16H,4-8H2,1-3H3. The predicted octanol–water partition coefficient (Wildman–Crippen LogP) is 3.01. The zero-order chi connectivity index (χ0) is 13.3. The van der Waals surface area contributed by atoms with E-state index in [4.69, 9.17) is 0 Å². The molecule has 18 heavy (non-hydrogen) atoms. The second kappa shape index (κ2) is 5.33. The van der Waals surface area contributed by atoms with Crippen LogP contribution in [0.1, 0.15) is 52.9 Å². The van der Waals surface area contributed by atoms with Gasteiger partial charge in [0.2, 0.25) is 0 Å². The second-order valence-corrected chi connectivity index (χ2v) is 7.58. The summed E-state index contributed by atoms with van der Waals surface area (Å²) in [5, 5.41) is 10.5. The number of aliphatic imine (C=N–C) groups is 1. The fraction of sp³-hybridized carbons (Fsp3) is 0.857. The van der Waals surface area contributed by atoms with Gasteiger partial charge in [0.15, 0.2) is 0 Å². The van der Waals surface area contributed by atoms with E-state index in [2.05, 4.69) is 18.8 Å². The van der Waals surface area contributed by atoms with Crippen molar-refractivity contribution in [3.63, 3.8) is 0 Å². The first-order valence-corrected chi connectivity index (χ1v) is 7.72. The number of carbonyl (C=O) groups excluding carboxylic acids is 1. The van der Waals surface area contributed by atoms with Gasteiger partial charge in [-0.15, -0.1) is 0 Å². The number of amides is 1. The third-order valence-corrected chi connectivity index (χ3v) is 5.93. The van der Waals surface area contributed by atoms with Crippen LogP contribution < -0.4 is 0 Å². The molecule has 0 spiro atoms. The molecule has 0 saturated heterocycles. The van der Waals surface area contributed by atoms with Crippen LogP contribution in [0.15, 0.2) is 4.99 Å². The quantitative estimate of drug-likeness (QED) is 0.857. The van der Waals surface area contributed by atoms with E-state index in [1.807, 2.05) is 6.92 Å². The van der Waals surface area contributed by atoms with Gasteiger partial charge in [-0.05, 0) is 50.9 Å². The molecule has 1 aliphatic heterocycles. The Labute approximate surface area is 113 Å². The molecule has 1 fully saturated rings. The van der Waals surface area contributed by atoms with Crippen LogP contribution >= 0.6 is 11.8 Å². The third kappa shape index (κ3) is 2.80. The summed E-state index contributed by atoms with van der Waals surface area (Å²) >= 11 is 1.66. The summed E-state index contributed by atoms with van der Waals surface area (Å²) in [5.41, 5.74) is 0. The van der Waals surface area contributed by atoms with E-state index < -0.39 is 0 Å². The average Bonchev–Trinajstić information content (AvgIpc) is 2.59. The number of nitrogens with zero attached hydrogens (tertiary/aromatic N) is 1. The summed E-state index contributed by atoms with van der Waals surface area (Å²) in [6.07, 6.45) is 4.74. The van der Waals surface area contributed by atoms with Gasteiger partial charge in [-0.1, -0.05) is 25.6 Å². The molecule has 2 aliphatic rings. The van der Waals surface area contributed by atoms with Gasteiger partial charge in [-0.2, -0.15) is 0 Å². The van der Waals surface area contributed by atoms with Crippen molar-refractivity contribution in [2.45, 2.75) is 63.7 Å². The number of rotatable bonds is 3. The highest BCUT2D eigenvalue weighted by Crippen LogP contribution is 2.42. The molecular formula is C14H23NO2S. The minimum absolute atomic E-state index is 0.0355. The van der Waals surface area contributed by atoms with Gasteiger partial charge in [0.1, 0.15) is 4.75 Å². The number of aliphatic hydroxyl groups excluding tert-OH is 1. The van der Waals surface area contributed by atoms with E-state index in [-0.39, 0.29) is 16.8 Å². The zero-order valence-electron chi connectivity index (χ0n) is 11.5. The molecule has 4 heteroatoms. The first-order chi connectivity index (χ1) is 8.41. The molecule has 1 heterocycles. The lowest BCUT2D eigenvalue weighted by Crippen LogP contribution is -2.33. The van der Waals surface area contributed by atoms with Gasteiger partial charge in [0.05, 0.1) is 11.1 Å². The van der Waals surface area contributed by atoms with Crippen molar-refractivity contribution in [2.24, 2.45) is 16.8 Å². The van der Waals surface area contributed by atoms with Gasteiger partial charge in [0, 0.05) is 0 Å². The van der Waals surface area contributed by atoms with Crippen LogP contribution in [0.2, 0.25) is 0 Å². The summed E-state index contributed by atoms with van der Waals surface area (Å²) in [4.78, 5) is 16.2. The monoisotopic (exact) mass is 269 g/mol. The lowest BCUT2D eigenvalue weighted by Gasteiger charge is -2.27. The van der Waals surface area contributed by atoms with Crippen LogP contribution in [-0.4, -0.2) is 26.9 Å². The predicted molar refractivity (Wildman–Crippen MR) is 75.9 cm³/mol. The Bertz CT molecular complexity index is 359. The van der Waals surface area contributed by atoms with Crippen LogP contribution in [0.5, 0.6) is 0 Å². The molecule has 0 radical (unpaired) electrons. The molecule has 2 rings (SSSR count).